The van der Waals surface area contributed by atoms with E-state index < -0.39 is 17.7 Å². The van der Waals surface area contributed by atoms with Gasteiger partial charge in [-0.15, -0.1) is 10.2 Å². The lowest BCUT2D eigenvalue weighted by atomic mass is 10.0. The Morgan fingerprint density at radius 1 is 0.900 bits per heavy atom. The van der Waals surface area contributed by atoms with Gasteiger partial charge in [-0.05, 0) is 67.4 Å². The number of hydrogen-bond donors (Lipinski definition) is 1. The largest absolute Gasteiger partial charge is 0.418 e. The van der Waals surface area contributed by atoms with Gasteiger partial charge in [0.1, 0.15) is 17.7 Å². The van der Waals surface area contributed by atoms with Crippen LogP contribution in [0.15, 0.2) is 65.1 Å². The zero-order chi connectivity index (χ0) is 21.3. The minimum atomic E-state index is -0.630. The first-order valence-corrected chi connectivity index (χ1v) is 9.66. The Hall–Kier alpha value is -3.25. The van der Waals surface area contributed by atoms with Crippen LogP contribution in [0.25, 0.3) is 11.5 Å². The van der Waals surface area contributed by atoms with Crippen molar-refractivity contribution in [3.63, 3.8) is 0 Å². The zero-order valence-corrected chi connectivity index (χ0v) is 17.0. The third-order valence-electron chi connectivity index (χ3n) is 4.85. The summed E-state index contributed by atoms with van der Waals surface area (Å²) in [4.78, 5) is 0. The first-order valence-electron chi connectivity index (χ1n) is 9.29. The van der Waals surface area contributed by atoms with E-state index >= 15 is 0 Å². The lowest BCUT2D eigenvalue weighted by Crippen LogP contribution is -2.14. The number of nitrogens with one attached hydrogen (secondary N) is 1. The molecule has 0 amide bonds. The molecule has 4 aromatic rings. The van der Waals surface area contributed by atoms with Crippen molar-refractivity contribution >= 4 is 17.3 Å². The summed E-state index contributed by atoms with van der Waals surface area (Å²) in [6.07, 6.45) is 0. The Bertz CT molecular complexity index is 1210. The van der Waals surface area contributed by atoms with E-state index in [9.17, 15) is 8.78 Å². The molecular formula is C23H18ClF2N3O. The van der Waals surface area contributed by atoms with Gasteiger partial charge < -0.3 is 9.73 Å². The molecule has 1 heterocycles. The van der Waals surface area contributed by atoms with Gasteiger partial charge >= 0.3 is 0 Å². The van der Waals surface area contributed by atoms with Crippen LogP contribution in [0.4, 0.5) is 14.5 Å². The van der Waals surface area contributed by atoms with Crippen molar-refractivity contribution in [3.05, 3.63) is 99.9 Å². The number of hydrogen-bond acceptors (Lipinski definition) is 4. The lowest BCUT2D eigenvalue weighted by molar-refractivity contribution is 0.493. The van der Waals surface area contributed by atoms with Crippen molar-refractivity contribution in [2.24, 2.45) is 0 Å². The van der Waals surface area contributed by atoms with Crippen LogP contribution in [0, 0.1) is 25.5 Å². The molecule has 0 aliphatic rings. The Balaban J connectivity index is 1.76. The van der Waals surface area contributed by atoms with E-state index in [1.807, 2.05) is 32.0 Å². The number of aromatic nitrogens is 2. The van der Waals surface area contributed by atoms with Gasteiger partial charge in [-0.1, -0.05) is 29.8 Å². The molecule has 1 N–H and O–H groups in total. The van der Waals surface area contributed by atoms with Crippen molar-refractivity contribution in [2.45, 2.75) is 19.9 Å². The second-order valence-electron chi connectivity index (χ2n) is 7.00. The molecule has 0 aliphatic carbocycles. The van der Waals surface area contributed by atoms with Crippen molar-refractivity contribution < 1.29 is 13.2 Å². The van der Waals surface area contributed by atoms with E-state index in [1.54, 1.807) is 18.2 Å². The van der Waals surface area contributed by atoms with Gasteiger partial charge in [0.2, 0.25) is 11.8 Å². The number of halogens is 3. The fraction of sp³-hybridized carbons (Fsp3) is 0.130. The summed E-state index contributed by atoms with van der Waals surface area (Å²) in [7, 11) is 0. The second-order valence-corrected chi connectivity index (χ2v) is 7.41. The predicted molar refractivity (Wildman–Crippen MR) is 112 cm³/mol. The summed E-state index contributed by atoms with van der Waals surface area (Å²) in [5, 5.41) is 11.8. The third-order valence-corrected chi connectivity index (χ3v) is 5.18. The third kappa shape index (κ3) is 4.19. The summed E-state index contributed by atoms with van der Waals surface area (Å²) < 4.78 is 33.0. The van der Waals surface area contributed by atoms with Crippen LogP contribution in [0.1, 0.15) is 28.6 Å². The van der Waals surface area contributed by atoms with Gasteiger partial charge in [-0.25, -0.2) is 8.78 Å². The number of rotatable bonds is 5. The molecule has 0 spiro atoms. The van der Waals surface area contributed by atoms with E-state index in [0.29, 0.717) is 11.1 Å². The molecule has 0 fully saturated rings. The maximum absolute atomic E-state index is 13.6. The van der Waals surface area contributed by atoms with Crippen molar-refractivity contribution in [1.82, 2.24) is 10.2 Å². The van der Waals surface area contributed by atoms with Gasteiger partial charge in [-0.3, -0.25) is 0 Å². The van der Waals surface area contributed by atoms with Crippen LogP contribution in [-0.4, -0.2) is 10.2 Å². The van der Waals surface area contributed by atoms with Crippen LogP contribution in [0.2, 0.25) is 5.02 Å². The topological polar surface area (TPSA) is 51.0 Å². The smallest absolute Gasteiger partial charge is 0.247 e. The molecule has 0 bridgehead atoms. The van der Waals surface area contributed by atoms with Gasteiger partial charge in [-0.2, -0.15) is 0 Å². The number of nitrogens with zero attached hydrogens (tertiary/aromatic N) is 2. The zero-order valence-electron chi connectivity index (χ0n) is 16.3. The number of benzene rings is 3. The molecule has 0 saturated heterocycles. The highest BCUT2D eigenvalue weighted by atomic mass is 35.5. The molecule has 0 radical (unpaired) electrons. The van der Waals surface area contributed by atoms with E-state index in [4.69, 9.17) is 16.0 Å². The van der Waals surface area contributed by atoms with Crippen molar-refractivity contribution in [1.29, 1.82) is 0 Å². The highest BCUT2D eigenvalue weighted by Crippen LogP contribution is 2.33. The van der Waals surface area contributed by atoms with Gasteiger partial charge in [0.05, 0.1) is 0 Å². The summed E-state index contributed by atoms with van der Waals surface area (Å²) >= 11 is 6.32. The van der Waals surface area contributed by atoms with Gasteiger partial charge in [0, 0.05) is 21.8 Å². The molecule has 7 heteroatoms. The van der Waals surface area contributed by atoms with E-state index in [2.05, 4.69) is 15.5 Å². The Morgan fingerprint density at radius 2 is 1.70 bits per heavy atom. The monoisotopic (exact) mass is 425 g/mol. The predicted octanol–water partition coefficient (Wildman–Crippen LogP) is 6.49. The first-order chi connectivity index (χ1) is 14.4. The molecular weight excluding hydrogens is 408 g/mol. The normalized spacial score (nSPS) is 12.0. The standard InChI is InChI=1S/C23H18ClF2N3O/c1-13-6-8-18(10-14(13)2)27-21(19-9-7-17(26)12-20(19)24)23-29-28-22(30-23)15-4-3-5-16(25)11-15/h3-12,21,27H,1-2H3. The fourth-order valence-electron chi connectivity index (χ4n) is 3.10. The first kappa shape index (κ1) is 20.0. The van der Waals surface area contributed by atoms with Crippen LogP contribution in [0.5, 0.6) is 0 Å². The van der Waals surface area contributed by atoms with Crippen molar-refractivity contribution in [3.8, 4) is 11.5 Å². The van der Waals surface area contributed by atoms with E-state index in [1.165, 1.54) is 24.3 Å². The minimum Gasteiger partial charge on any atom is -0.418 e. The molecule has 1 aromatic heterocycles. The van der Waals surface area contributed by atoms with Gasteiger partial charge in [0.15, 0.2) is 0 Å². The Labute approximate surface area is 177 Å². The molecule has 4 rings (SSSR count). The van der Waals surface area contributed by atoms with Crippen LogP contribution < -0.4 is 5.32 Å². The number of anilines is 1. The van der Waals surface area contributed by atoms with Crippen LogP contribution in [0.3, 0.4) is 0 Å². The highest BCUT2D eigenvalue weighted by Gasteiger charge is 2.24. The van der Waals surface area contributed by atoms with Gasteiger partial charge in [0.25, 0.3) is 0 Å². The average Bonchev–Trinajstić information content (AvgIpc) is 3.19. The molecule has 1 atom stereocenters. The fourth-order valence-corrected chi connectivity index (χ4v) is 3.37. The Kier molecular flexibility index (Phi) is 5.50. The highest BCUT2D eigenvalue weighted by molar-refractivity contribution is 6.31. The molecule has 30 heavy (non-hydrogen) atoms. The molecule has 4 nitrogen and oxygen atoms in total. The lowest BCUT2D eigenvalue weighted by Gasteiger charge is -2.19. The number of aryl methyl sites for hydroxylation is 2. The molecule has 0 saturated carbocycles. The second kappa shape index (κ2) is 8.24. The molecule has 1 unspecified atom stereocenters. The quantitative estimate of drug-likeness (QED) is 0.397. The van der Waals surface area contributed by atoms with E-state index in [-0.39, 0.29) is 16.8 Å². The summed E-state index contributed by atoms with van der Waals surface area (Å²) in [5.74, 6) is -0.450. The maximum atomic E-state index is 13.6. The maximum Gasteiger partial charge on any atom is 0.247 e. The van der Waals surface area contributed by atoms with Crippen LogP contribution in [-0.2, 0) is 0 Å². The van der Waals surface area contributed by atoms with Crippen molar-refractivity contribution in [2.75, 3.05) is 5.32 Å². The Morgan fingerprint density at radius 3 is 2.43 bits per heavy atom. The molecule has 152 valence electrons. The minimum absolute atomic E-state index is 0.176. The summed E-state index contributed by atoms with van der Waals surface area (Å²) in [6, 6.07) is 15.3. The average molecular weight is 426 g/mol. The summed E-state index contributed by atoms with van der Waals surface area (Å²) in [5.41, 5.74) is 4.11. The molecule has 0 aliphatic heterocycles. The van der Waals surface area contributed by atoms with Crippen LogP contribution >= 0.6 is 11.6 Å². The SMILES string of the molecule is Cc1ccc(NC(c2nnc(-c3cccc(F)c3)o2)c2ccc(F)cc2Cl)cc1C. The molecule has 3 aromatic carbocycles. The van der Waals surface area contributed by atoms with E-state index in [0.717, 1.165) is 16.8 Å². The summed E-state index contributed by atoms with van der Waals surface area (Å²) in [6.45, 7) is 4.03.